The van der Waals surface area contributed by atoms with Gasteiger partial charge in [0.1, 0.15) is 0 Å². The summed E-state index contributed by atoms with van der Waals surface area (Å²) in [4.78, 5) is 11.7. The quantitative estimate of drug-likeness (QED) is 0.750. The van der Waals surface area contributed by atoms with Crippen molar-refractivity contribution in [3.05, 3.63) is 0 Å². The number of amides is 2. The Morgan fingerprint density at radius 1 is 1.29 bits per heavy atom. The molecule has 0 bridgehead atoms. The molecule has 1 rings (SSSR count). The summed E-state index contributed by atoms with van der Waals surface area (Å²) in [5.41, 5.74) is -0.362. The van der Waals surface area contributed by atoms with Gasteiger partial charge in [-0.1, -0.05) is 27.2 Å². The van der Waals surface area contributed by atoms with Crippen LogP contribution in [0.3, 0.4) is 0 Å². The molecule has 0 aromatic heterocycles. The molecular formula is C14H25F3N2O2. The number of carbonyl (C=O) groups is 1. The molecule has 21 heavy (non-hydrogen) atoms. The molecule has 1 saturated carbocycles. The summed E-state index contributed by atoms with van der Waals surface area (Å²) in [6, 6.07) is -0.983. The van der Waals surface area contributed by atoms with E-state index in [1.54, 1.807) is 0 Å². The molecule has 0 aromatic rings. The Labute approximate surface area is 123 Å². The van der Waals surface area contributed by atoms with Gasteiger partial charge in [-0.05, 0) is 24.7 Å². The fourth-order valence-electron chi connectivity index (χ4n) is 2.35. The van der Waals surface area contributed by atoms with Gasteiger partial charge in [0.25, 0.3) is 0 Å². The summed E-state index contributed by atoms with van der Waals surface area (Å²) in [7, 11) is 0. The van der Waals surface area contributed by atoms with Crippen LogP contribution < -0.4 is 10.6 Å². The number of aliphatic hydroxyl groups excluding tert-OH is 1. The second-order valence-electron chi connectivity index (χ2n) is 6.84. The number of aliphatic hydroxyl groups is 1. The van der Waals surface area contributed by atoms with Gasteiger partial charge in [0, 0.05) is 12.6 Å². The van der Waals surface area contributed by atoms with E-state index in [0.29, 0.717) is 12.8 Å². The van der Waals surface area contributed by atoms with Crippen LogP contribution in [0.1, 0.15) is 46.5 Å². The molecule has 3 unspecified atom stereocenters. The van der Waals surface area contributed by atoms with Crippen molar-refractivity contribution in [3.8, 4) is 0 Å². The van der Waals surface area contributed by atoms with Gasteiger partial charge in [0.15, 0.2) is 0 Å². The smallest absolute Gasteiger partial charge is 0.391 e. The Hall–Kier alpha value is -0.980. The van der Waals surface area contributed by atoms with Gasteiger partial charge >= 0.3 is 12.2 Å². The van der Waals surface area contributed by atoms with E-state index in [-0.39, 0.29) is 24.8 Å². The first kappa shape index (κ1) is 18.1. The van der Waals surface area contributed by atoms with Crippen LogP contribution in [0.2, 0.25) is 0 Å². The minimum Gasteiger partial charge on any atom is -0.391 e. The molecular weight excluding hydrogens is 285 g/mol. The summed E-state index contributed by atoms with van der Waals surface area (Å²) in [5.74, 6) is -1.34. The lowest BCUT2D eigenvalue weighted by molar-refractivity contribution is -0.183. The van der Waals surface area contributed by atoms with Crippen LogP contribution in [0.4, 0.5) is 18.0 Å². The van der Waals surface area contributed by atoms with Gasteiger partial charge in [-0.2, -0.15) is 13.2 Å². The number of halogens is 3. The summed E-state index contributed by atoms with van der Waals surface area (Å²) in [5, 5.41) is 14.9. The van der Waals surface area contributed by atoms with Crippen LogP contribution in [0.25, 0.3) is 0 Å². The normalized spacial score (nSPS) is 25.3. The lowest BCUT2D eigenvalue weighted by atomic mass is 9.85. The summed E-state index contributed by atoms with van der Waals surface area (Å²) in [6.07, 6.45) is -3.83. The van der Waals surface area contributed by atoms with Crippen LogP contribution in [0.15, 0.2) is 0 Å². The monoisotopic (exact) mass is 310 g/mol. The minimum atomic E-state index is -4.20. The van der Waals surface area contributed by atoms with Crippen molar-refractivity contribution < 1.29 is 23.1 Å². The predicted molar refractivity (Wildman–Crippen MR) is 73.8 cm³/mol. The molecule has 1 aliphatic rings. The van der Waals surface area contributed by atoms with Crippen molar-refractivity contribution in [2.24, 2.45) is 11.3 Å². The van der Waals surface area contributed by atoms with Gasteiger partial charge < -0.3 is 15.7 Å². The van der Waals surface area contributed by atoms with E-state index >= 15 is 0 Å². The first-order valence-electron chi connectivity index (χ1n) is 7.29. The molecule has 2 amide bonds. The summed E-state index contributed by atoms with van der Waals surface area (Å²) >= 11 is 0. The average molecular weight is 310 g/mol. The Morgan fingerprint density at radius 2 is 1.90 bits per heavy atom. The lowest BCUT2D eigenvalue weighted by Crippen LogP contribution is -2.48. The van der Waals surface area contributed by atoms with Crippen LogP contribution in [0.5, 0.6) is 0 Å². The van der Waals surface area contributed by atoms with E-state index in [1.165, 1.54) is 0 Å². The zero-order chi connectivity index (χ0) is 16.3. The molecule has 1 fully saturated rings. The second kappa shape index (κ2) is 6.85. The number of nitrogens with one attached hydrogen (secondary N) is 2. The molecule has 0 saturated heterocycles. The average Bonchev–Trinajstić information content (AvgIpc) is 2.34. The number of carbonyl (C=O) groups excluding carboxylic acids is 1. The molecule has 3 atom stereocenters. The van der Waals surface area contributed by atoms with E-state index < -0.39 is 30.3 Å². The minimum absolute atomic E-state index is 0.0707. The third kappa shape index (κ3) is 6.11. The van der Waals surface area contributed by atoms with Gasteiger partial charge in [-0.25, -0.2) is 4.79 Å². The SMILES string of the molecule is CC(C)(C)C(O)CNC(=O)NC1CCCC(C(F)(F)F)C1. The Balaban J connectivity index is 2.38. The fourth-order valence-corrected chi connectivity index (χ4v) is 2.35. The van der Waals surface area contributed by atoms with Crippen LogP contribution in [-0.2, 0) is 0 Å². The van der Waals surface area contributed by atoms with Crippen molar-refractivity contribution in [1.29, 1.82) is 0 Å². The van der Waals surface area contributed by atoms with E-state index in [1.807, 2.05) is 20.8 Å². The van der Waals surface area contributed by atoms with E-state index in [9.17, 15) is 23.1 Å². The van der Waals surface area contributed by atoms with Crippen molar-refractivity contribution in [2.75, 3.05) is 6.54 Å². The van der Waals surface area contributed by atoms with Crippen LogP contribution in [-0.4, -0.2) is 36.0 Å². The van der Waals surface area contributed by atoms with Crippen molar-refractivity contribution in [2.45, 2.75) is 64.8 Å². The number of urea groups is 1. The summed E-state index contributed by atoms with van der Waals surface area (Å²) < 4.78 is 38.0. The van der Waals surface area contributed by atoms with Gasteiger partial charge in [-0.3, -0.25) is 0 Å². The first-order chi connectivity index (χ1) is 9.50. The zero-order valence-electron chi connectivity index (χ0n) is 12.8. The van der Waals surface area contributed by atoms with Crippen LogP contribution >= 0.6 is 0 Å². The highest BCUT2D eigenvalue weighted by molar-refractivity contribution is 5.74. The molecule has 0 radical (unpaired) electrons. The Morgan fingerprint density at radius 3 is 2.43 bits per heavy atom. The predicted octanol–water partition coefficient (Wildman–Crippen LogP) is 2.81. The summed E-state index contributed by atoms with van der Waals surface area (Å²) in [6.45, 7) is 5.59. The standard InChI is InChI=1S/C14H25F3N2O2/c1-13(2,3)11(20)8-18-12(21)19-10-6-4-5-9(7-10)14(15,16)17/h9-11,20H,4-8H2,1-3H3,(H2,18,19,21). The van der Waals surface area contributed by atoms with Crippen molar-refractivity contribution in [3.63, 3.8) is 0 Å². The maximum Gasteiger partial charge on any atom is 0.391 e. The topological polar surface area (TPSA) is 61.4 Å². The van der Waals surface area contributed by atoms with E-state index in [2.05, 4.69) is 10.6 Å². The fraction of sp³-hybridized carbons (Fsp3) is 0.929. The molecule has 0 aliphatic heterocycles. The van der Waals surface area contributed by atoms with Crippen LogP contribution in [0, 0.1) is 11.3 Å². The third-order valence-corrected chi connectivity index (χ3v) is 3.93. The highest BCUT2D eigenvalue weighted by Gasteiger charge is 2.42. The highest BCUT2D eigenvalue weighted by atomic mass is 19.4. The Bertz CT molecular complexity index is 353. The lowest BCUT2D eigenvalue weighted by Gasteiger charge is -2.31. The molecule has 1 aliphatic carbocycles. The molecule has 0 spiro atoms. The number of hydrogen-bond donors (Lipinski definition) is 3. The molecule has 0 aromatic carbocycles. The largest absolute Gasteiger partial charge is 0.391 e. The van der Waals surface area contributed by atoms with E-state index in [4.69, 9.17) is 0 Å². The highest BCUT2D eigenvalue weighted by Crippen LogP contribution is 2.37. The maximum absolute atomic E-state index is 12.7. The Kier molecular flexibility index (Phi) is 5.90. The number of hydrogen-bond acceptors (Lipinski definition) is 2. The molecule has 0 heterocycles. The van der Waals surface area contributed by atoms with Gasteiger partial charge in [0.05, 0.1) is 12.0 Å². The molecule has 124 valence electrons. The molecule has 3 N–H and O–H groups in total. The number of rotatable bonds is 3. The van der Waals surface area contributed by atoms with Gasteiger partial charge in [-0.15, -0.1) is 0 Å². The van der Waals surface area contributed by atoms with Gasteiger partial charge in [0.2, 0.25) is 0 Å². The van der Waals surface area contributed by atoms with E-state index in [0.717, 1.165) is 0 Å². The number of alkyl halides is 3. The van der Waals surface area contributed by atoms with Crippen molar-refractivity contribution in [1.82, 2.24) is 10.6 Å². The first-order valence-corrected chi connectivity index (χ1v) is 7.29. The molecule has 7 heteroatoms. The third-order valence-electron chi connectivity index (χ3n) is 3.93. The van der Waals surface area contributed by atoms with Crippen molar-refractivity contribution >= 4 is 6.03 Å². The maximum atomic E-state index is 12.7. The molecule has 4 nitrogen and oxygen atoms in total. The zero-order valence-corrected chi connectivity index (χ0v) is 12.8. The second-order valence-corrected chi connectivity index (χ2v) is 6.84.